The number of hydrogen-bond donors (Lipinski definition) is 2. The molecule has 0 aliphatic heterocycles. The van der Waals surface area contributed by atoms with Crippen LogP contribution in [-0.2, 0) is 9.47 Å². The molecule has 136 valence electrons. The number of nitrogens with one attached hydrogen (secondary N) is 2. The molecule has 2 aromatic carbocycles. The lowest BCUT2D eigenvalue weighted by molar-refractivity contribution is 0.0557. The average molecular weight is 404 g/mol. The Morgan fingerprint density at radius 2 is 1.20 bits per heavy atom. The van der Waals surface area contributed by atoms with E-state index in [1.54, 1.807) is 12.1 Å². The molecule has 0 saturated carbocycles. The van der Waals surface area contributed by atoms with Gasteiger partial charge in [0.15, 0.2) is 0 Å². The standard InChI is InChI=1S/C18H21Cl3N2O2/c19-14-4-1-2-7-17(14)22-8-10-24-12-13-25-11-9-23-18-15(20)5-3-6-16(18)21/h1-7,22-23H,8-13H2. The lowest BCUT2D eigenvalue weighted by Gasteiger charge is -2.11. The molecule has 0 saturated heterocycles. The molecule has 4 nitrogen and oxygen atoms in total. The van der Waals surface area contributed by atoms with E-state index in [0.717, 1.165) is 11.4 Å². The zero-order chi connectivity index (χ0) is 17.9. The first kappa shape index (κ1) is 20.1. The summed E-state index contributed by atoms with van der Waals surface area (Å²) < 4.78 is 11.0. The first-order chi connectivity index (χ1) is 12.2. The van der Waals surface area contributed by atoms with Crippen LogP contribution < -0.4 is 10.6 Å². The monoisotopic (exact) mass is 402 g/mol. The molecule has 0 heterocycles. The Morgan fingerprint density at radius 1 is 0.640 bits per heavy atom. The molecule has 0 radical (unpaired) electrons. The first-order valence-corrected chi connectivity index (χ1v) is 9.13. The topological polar surface area (TPSA) is 42.5 Å². The molecule has 0 unspecified atom stereocenters. The summed E-state index contributed by atoms with van der Waals surface area (Å²) in [6.45, 7) is 3.51. The minimum absolute atomic E-state index is 0.532. The predicted octanol–water partition coefficient (Wildman–Crippen LogP) is 5.20. The van der Waals surface area contributed by atoms with Crippen molar-refractivity contribution in [2.75, 3.05) is 50.2 Å². The Balaban J connectivity index is 1.47. The summed E-state index contributed by atoms with van der Waals surface area (Å²) >= 11 is 18.2. The molecular formula is C18H21Cl3N2O2. The van der Waals surface area contributed by atoms with Crippen LogP contribution in [0.3, 0.4) is 0 Å². The van der Waals surface area contributed by atoms with E-state index < -0.39 is 0 Å². The minimum atomic E-state index is 0.532. The largest absolute Gasteiger partial charge is 0.382 e. The van der Waals surface area contributed by atoms with E-state index in [-0.39, 0.29) is 0 Å². The highest BCUT2D eigenvalue weighted by atomic mass is 35.5. The highest BCUT2D eigenvalue weighted by Gasteiger charge is 2.03. The first-order valence-electron chi connectivity index (χ1n) is 8.00. The van der Waals surface area contributed by atoms with Gasteiger partial charge in [-0.05, 0) is 24.3 Å². The van der Waals surface area contributed by atoms with Crippen LogP contribution in [0.25, 0.3) is 0 Å². The zero-order valence-electron chi connectivity index (χ0n) is 13.7. The summed E-state index contributed by atoms with van der Waals surface area (Å²) in [5.41, 5.74) is 1.64. The third kappa shape index (κ3) is 7.30. The molecule has 25 heavy (non-hydrogen) atoms. The van der Waals surface area contributed by atoms with Gasteiger partial charge in [0, 0.05) is 13.1 Å². The minimum Gasteiger partial charge on any atom is -0.382 e. The molecule has 0 aliphatic carbocycles. The van der Waals surface area contributed by atoms with Crippen LogP contribution in [0.5, 0.6) is 0 Å². The van der Waals surface area contributed by atoms with Crippen molar-refractivity contribution in [3.8, 4) is 0 Å². The maximum absolute atomic E-state index is 6.07. The summed E-state index contributed by atoms with van der Waals surface area (Å²) in [5, 5.41) is 8.29. The molecule has 0 spiro atoms. The van der Waals surface area contributed by atoms with Gasteiger partial charge in [0.1, 0.15) is 0 Å². The van der Waals surface area contributed by atoms with Crippen molar-refractivity contribution in [3.63, 3.8) is 0 Å². The second-order valence-electron chi connectivity index (χ2n) is 5.15. The molecule has 0 fully saturated rings. The summed E-state index contributed by atoms with van der Waals surface area (Å²) in [6.07, 6.45) is 0. The van der Waals surface area contributed by atoms with Gasteiger partial charge in [-0.2, -0.15) is 0 Å². The molecule has 0 aliphatic rings. The van der Waals surface area contributed by atoms with E-state index in [1.165, 1.54) is 0 Å². The fourth-order valence-electron chi connectivity index (χ4n) is 2.10. The predicted molar refractivity (Wildman–Crippen MR) is 107 cm³/mol. The molecular weight excluding hydrogens is 383 g/mol. The van der Waals surface area contributed by atoms with Crippen LogP contribution in [0.4, 0.5) is 11.4 Å². The number of halogens is 3. The Bertz CT molecular complexity index is 636. The van der Waals surface area contributed by atoms with Gasteiger partial charge < -0.3 is 20.1 Å². The lowest BCUT2D eigenvalue weighted by atomic mass is 10.3. The highest BCUT2D eigenvalue weighted by Crippen LogP contribution is 2.29. The van der Waals surface area contributed by atoms with Crippen molar-refractivity contribution >= 4 is 46.2 Å². The van der Waals surface area contributed by atoms with Crippen molar-refractivity contribution in [3.05, 3.63) is 57.5 Å². The molecule has 0 amide bonds. The summed E-state index contributed by atoms with van der Waals surface area (Å²) in [7, 11) is 0. The van der Waals surface area contributed by atoms with Gasteiger partial charge in [0.25, 0.3) is 0 Å². The van der Waals surface area contributed by atoms with Crippen LogP contribution in [0, 0.1) is 0 Å². The quantitative estimate of drug-likeness (QED) is 0.506. The number of hydrogen-bond acceptors (Lipinski definition) is 4. The Kier molecular flexibility index (Phi) is 9.22. The zero-order valence-corrected chi connectivity index (χ0v) is 16.0. The second-order valence-corrected chi connectivity index (χ2v) is 6.38. The van der Waals surface area contributed by atoms with Crippen molar-refractivity contribution < 1.29 is 9.47 Å². The van der Waals surface area contributed by atoms with Gasteiger partial charge in [-0.1, -0.05) is 53.0 Å². The molecule has 0 atom stereocenters. The van der Waals surface area contributed by atoms with E-state index in [2.05, 4.69) is 10.6 Å². The van der Waals surface area contributed by atoms with Crippen LogP contribution in [0.1, 0.15) is 0 Å². The maximum atomic E-state index is 6.07. The Morgan fingerprint density at radius 3 is 1.84 bits per heavy atom. The van der Waals surface area contributed by atoms with Crippen LogP contribution in [-0.4, -0.2) is 39.5 Å². The van der Waals surface area contributed by atoms with E-state index in [4.69, 9.17) is 44.3 Å². The molecule has 0 aromatic heterocycles. The van der Waals surface area contributed by atoms with Gasteiger partial charge in [-0.15, -0.1) is 0 Å². The van der Waals surface area contributed by atoms with Crippen LogP contribution >= 0.6 is 34.8 Å². The van der Waals surface area contributed by atoms with E-state index >= 15 is 0 Å². The number of rotatable bonds is 11. The molecule has 0 bridgehead atoms. The molecule has 2 N–H and O–H groups in total. The number of para-hydroxylation sites is 2. The Labute approximate surface area is 163 Å². The molecule has 2 aromatic rings. The normalized spacial score (nSPS) is 10.7. The fraction of sp³-hybridized carbons (Fsp3) is 0.333. The van der Waals surface area contributed by atoms with Crippen molar-refractivity contribution in [1.29, 1.82) is 0 Å². The second kappa shape index (κ2) is 11.4. The van der Waals surface area contributed by atoms with E-state index in [0.29, 0.717) is 54.6 Å². The number of ether oxygens (including phenoxy) is 2. The SMILES string of the molecule is Clc1ccccc1NCCOCCOCCNc1c(Cl)cccc1Cl. The summed E-state index contributed by atoms with van der Waals surface area (Å²) in [5.74, 6) is 0. The van der Waals surface area contributed by atoms with E-state index in [9.17, 15) is 0 Å². The Hall–Kier alpha value is -1.17. The summed E-state index contributed by atoms with van der Waals surface area (Å²) in [6, 6.07) is 13.0. The molecule has 2 rings (SSSR count). The average Bonchev–Trinajstić information content (AvgIpc) is 2.60. The third-order valence-electron chi connectivity index (χ3n) is 3.32. The number of benzene rings is 2. The van der Waals surface area contributed by atoms with Gasteiger partial charge in [0.2, 0.25) is 0 Å². The lowest BCUT2D eigenvalue weighted by Crippen LogP contribution is -2.15. The van der Waals surface area contributed by atoms with Crippen LogP contribution in [0.2, 0.25) is 15.1 Å². The fourth-order valence-corrected chi connectivity index (χ4v) is 2.83. The summed E-state index contributed by atoms with van der Waals surface area (Å²) in [4.78, 5) is 0. The van der Waals surface area contributed by atoms with Gasteiger partial charge in [0.05, 0.1) is 52.9 Å². The van der Waals surface area contributed by atoms with Crippen molar-refractivity contribution in [2.45, 2.75) is 0 Å². The number of anilines is 2. The molecule has 7 heteroatoms. The van der Waals surface area contributed by atoms with Gasteiger partial charge >= 0.3 is 0 Å². The van der Waals surface area contributed by atoms with Crippen LogP contribution in [0.15, 0.2) is 42.5 Å². The third-order valence-corrected chi connectivity index (χ3v) is 4.28. The van der Waals surface area contributed by atoms with Gasteiger partial charge in [-0.25, -0.2) is 0 Å². The van der Waals surface area contributed by atoms with Crippen molar-refractivity contribution in [1.82, 2.24) is 0 Å². The maximum Gasteiger partial charge on any atom is 0.0719 e. The highest BCUT2D eigenvalue weighted by molar-refractivity contribution is 6.39. The van der Waals surface area contributed by atoms with E-state index in [1.807, 2.05) is 30.3 Å². The smallest absolute Gasteiger partial charge is 0.0719 e. The van der Waals surface area contributed by atoms with Crippen molar-refractivity contribution in [2.24, 2.45) is 0 Å². The van der Waals surface area contributed by atoms with Gasteiger partial charge in [-0.3, -0.25) is 0 Å².